The second-order valence-electron chi connectivity index (χ2n) is 6.06. The molecular formula is C21H25NO5. The zero-order valence-corrected chi connectivity index (χ0v) is 15.9. The lowest BCUT2D eigenvalue weighted by molar-refractivity contribution is -0.149. The van der Waals surface area contributed by atoms with Crippen molar-refractivity contribution >= 4 is 11.9 Å². The third-order valence-electron chi connectivity index (χ3n) is 4.00. The van der Waals surface area contributed by atoms with E-state index in [1.807, 2.05) is 62.4 Å². The number of carbonyl (C=O) groups excluding carboxylic acids is 2. The lowest BCUT2D eigenvalue weighted by atomic mass is 10.1. The van der Waals surface area contributed by atoms with E-state index >= 15 is 0 Å². The molecule has 0 saturated carbocycles. The third kappa shape index (κ3) is 6.33. The quantitative estimate of drug-likeness (QED) is 0.685. The zero-order chi connectivity index (χ0) is 19.6. The highest BCUT2D eigenvalue weighted by Crippen LogP contribution is 2.24. The Hall–Kier alpha value is -3.02. The summed E-state index contributed by atoms with van der Waals surface area (Å²) >= 11 is 0. The van der Waals surface area contributed by atoms with E-state index in [4.69, 9.17) is 14.2 Å². The largest absolute Gasteiger partial charge is 0.496 e. The van der Waals surface area contributed by atoms with Crippen LogP contribution < -0.4 is 14.8 Å². The maximum absolute atomic E-state index is 12.0. The van der Waals surface area contributed by atoms with Gasteiger partial charge in [0.05, 0.1) is 26.2 Å². The molecule has 27 heavy (non-hydrogen) atoms. The number of carbonyl (C=O) groups is 2. The normalized spacial score (nSPS) is 11.4. The molecule has 1 atom stereocenters. The third-order valence-corrected chi connectivity index (χ3v) is 4.00. The highest BCUT2D eigenvalue weighted by Gasteiger charge is 2.15. The lowest BCUT2D eigenvalue weighted by Gasteiger charge is -2.17. The van der Waals surface area contributed by atoms with Crippen LogP contribution in [0.25, 0.3) is 0 Å². The molecule has 6 nitrogen and oxygen atoms in total. The first kappa shape index (κ1) is 20.3. The van der Waals surface area contributed by atoms with Crippen molar-refractivity contribution in [1.82, 2.24) is 5.32 Å². The van der Waals surface area contributed by atoms with Crippen LogP contribution in [0.4, 0.5) is 0 Å². The van der Waals surface area contributed by atoms with Gasteiger partial charge in [0, 0.05) is 5.56 Å². The minimum absolute atomic E-state index is 0.0731. The molecular weight excluding hydrogens is 346 g/mol. The Bertz CT molecular complexity index is 775. The molecule has 0 heterocycles. The highest BCUT2D eigenvalue weighted by atomic mass is 16.5. The van der Waals surface area contributed by atoms with Crippen LogP contribution in [-0.2, 0) is 14.3 Å². The standard InChI is InChI=1S/C21H25NO5/c1-15-8-4-6-10-18(15)26-13-12-21(24)27-14-20(23)22-16(2)17-9-5-7-11-19(17)25-3/h4-11,16H,12-14H2,1-3H3,(H,22,23). The summed E-state index contributed by atoms with van der Waals surface area (Å²) in [7, 11) is 1.58. The summed E-state index contributed by atoms with van der Waals surface area (Å²) in [5.41, 5.74) is 1.85. The number of nitrogens with one attached hydrogen (secondary N) is 1. The van der Waals surface area contributed by atoms with Crippen LogP contribution in [0, 0.1) is 6.92 Å². The second-order valence-corrected chi connectivity index (χ2v) is 6.06. The highest BCUT2D eigenvalue weighted by molar-refractivity contribution is 5.80. The second kappa shape index (κ2) is 10.2. The molecule has 0 fully saturated rings. The Kier molecular flexibility index (Phi) is 7.67. The number of amides is 1. The maximum Gasteiger partial charge on any atom is 0.309 e. The maximum atomic E-state index is 12.0. The number of para-hydroxylation sites is 2. The van der Waals surface area contributed by atoms with E-state index in [-0.39, 0.29) is 31.6 Å². The number of aryl methyl sites for hydroxylation is 1. The first-order valence-corrected chi connectivity index (χ1v) is 8.77. The van der Waals surface area contributed by atoms with Crippen LogP contribution >= 0.6 is 0 Å². The molecule has 6 heteroatoms. The van der Waals surface area contributed by atoms with E-state index in [0.29, 0.717) is 5.75 Å². The Morgan fingerprint density at radius 2 is 1.70 bits per heavy atom. The van der Waals surface area contributed by atoms with Crippen molar-refractivity contribution in [2.75, 3.05) is 20.3 Å². The van der Waals surface area contributed by atoms with Crippen molar-refractivity contribution in [3.63, 3.8) is 0 Å². The van der Waals surface area contributed by atoms with Crippen LogP contribution in [0.3, 0.4) is 0 Å². The van der Waals surface area contributed by atoms with E-state index in [1.54, 1.807) is 7.11 Å². The smallest absolute Gasteiger partial charge is 0.309 e. The topological polar surface area (TPSA) is 73.9 Å². The number of hydrogen-bond acceptors (Lipinski definition) is 5. The fraction of sp³-hybridized carbons (Fsp3) is 0.333. The molecule has 2 aromatic rings. The minimum Gasteiger partial charge on any atom is -0.496 e. The summed E-state index contributed by atoms with van der Waals surface area (Å²) in [6, 6.07) is 14.7. The van der Waals surface area contributed by atoms with Gasteiger partial charge in [-0.25, -0.2) is 0 Å². The van der Waals surface area contributed by atoms with E-state index < -0.39 is 5.97 Å². The Labute approximate surface area is 159 Å². The molecule has 0 spiro atoms. The van der Waals surface area contributed by atoms with Crippen LogP contribution in [0.1, 0.15) is 30.5 Å². The molecule has 0 aliphatic heterocycles. The fourth-order valence-electron chi connectivity index (χ4n) is 2.57. The first-order valence-electron chi connectivity index (χ1n) is 8.77. The minimum atomic E-state index is -0.483. The van der Waals surface area contributed by atoms with Crippen molar-refractivity contribution in [3.05, 3.63) is 59.7 Å². The summed E-state index contributed by atoms with van der Waals surface area (Å²) in [5.74, 6) is 0.564. The Morgan fingerprint density at radius 1 is 1.04 bits per heavy atom. The van der Waals surface area contributed by atoms with Gasteiger partial charge in [-0.15, -0.1) is 0 Å². The molecule has 0 radical (unpaired) electrons. The van der Waals surface area contributed by atoms with E-state index in [9.17, 15) is 9.59 Å². The summed E-state index contributed by atoms with van der Waals surface area (Å²) in [4.78, 5) is 23.8. The number of benzene rings is 2. The van der Waals surface area contributed by atoms with Gasteiger partial charge < -0.3 is 19.5 Å². The summed E-state index contributed by atoms with van der Waals surface area (Å²) in [6.45, 7) is 3.64. The van der Waals surface area contributed by atoms with Crippen molar-refractivity contribution in [2.45, 2.75) is 26.3 Å². The lowest BCUT2D eigenvalue weighted by Crippen LogP contribution is -2.31. The predicted octanol–water partition coefficient (Wildman–Crippen LogP) is 3.19. The molecule has 1 amide bonds. The number of esters is 1. The van der Waals surface area contributed by atoms with Crippen LogP contribution in [0.2, 0.25) is 0 Å². The number of rotatable bonds is 9. The average Bonchev–Trinajstić information content (AvgIpc) is 2.67. The van der Waals surface area contributed by atoms with Gasteiger partial charge in [-0.05, 0) is 31.5 Å². The van der Waals surface area contributed by atoms with Gasteiger partial charge in [0.2, 0.25) is 0 Å². The van der Waals surface area contributed by atoms with Gasteiger partial charge in [0.15, 0.2) is 6.61 Å². The molecule has 1 N–H and O–H groups in total. The van der Waals surface area contributed by atoms with Crippen LogP contribution in [-0.4, -0.2) is 32.2 Å². The van der Waals surface area contributed by atoms with E-state index in [0.717, 1.165) is 16.9 Å². The van der Waals surface area contributed by atoms with E-state index in [2.05, 4.69) is 5.32 Å². The van der Waals surface area contributed by atoms with Gasteiger partial charge in [0.25, 0.3) is 5.91 Å². The molecule has 0 bridgehead atoms. The zero-order valence-electron chi connectivity index (χ0n) is 15.9. The van der Waals surface area contributed by atoms with Gasteiger partial charge in [-0.2, -0.15) is 0 Å². The van der Waals surface area contributed by atoms with Crippen LogP contribution in [0.15, 0.2) is 48.5 Å². The van der Waals surface area contributed by atoms with Gasteiger partial charge in [-0.3, -0.25) is 9.59 Å². The van der Waals surface area contributed by atoms with Gasteiger partial charge >= 0.3 is 5.97 Å². The van der Waals surface area contributed by atoms with Gasteiger partial charge in [0.1, 0.15) is 11.5 Å². The number of ether oxygens (including phenoxy) is 3. The molecule has 2 rings (SSSR count). The van der Waals surface area contributed by atoms with Crippen molar-refractivity contribution in [3.8, 4) is 11.5 Å². The average molecular weight is 371 g/mol. The molecule has 0 saturated heterocycles. The summed E-state index contributed by atoms with van der Waals surface area (Å²) in [5, 5.41) is 2.79. The molecule has 0 aromatic heterocycles. The fourth-order valence-corrected chi connectivity index (χ4v) is 2.57. The Balaban J connectivity index is 1.71. The van der Waals surface area contributed by atoms with Crippen LogP contribution in [0.5, 0.6) is 11.5 Å². The van der Waals surface area contributed by atoms with E-state index in [1.165, 1.54) is 0 Å². The van der Waals surface area contributed by atoms with Crippen molar-refractivity contribution in [2.24, 2.45) is 0 Å². The van der Waals surface area contributed by atoms with Crippen molar-refractivity contribution in [1.29, 1.82) is 0 Å². The first-order chi connectivity index (χ1) is 13.0. The Morgan fingerprint density at radius 3 is 2.41 bits per heavy atom. The molecule has 0 aliphatic carbocycles. The van der Waals surface area contributed by atoms with Gasteiger partial charge in [-0.1, -0.05) is 36.4 Å². The molecule has 144 valence electrons. The monoisotopic (exact) mass is 371 g/mol. The molecule has 2 aromatic carbocycles. The molecule has 0 aliphatic rings. The van der Waals surface area contributed by atoms with Crippen molar-refractivity contribution < 1.29 is 23.8 Å². The SMILES string of the molecule is COc1ccccc1C(C)NC(=O)COC(=O)CCOc1ccccc1C. The summed E-state index contributed by atoms with van der Waals surface area (Å²) in [6.07, 6.45) is 0.0731. The molecule has 1 unspecified atom stereocenters. The number of hydrogen-bond donors (Lipinski definition) is 1. The number of methoxy groups -OCH3 is 1. The predicted molar refractivity (Wildman–Crippen MR) is 102 cm³/mol. The summed E-state index contributed by atoms with van der Waals surface area (Å²) < 4.78 is 15.8.